The fourth-order valence-electron chi connectivity index (χ4n) is 4.73. The van der Waals surface area contributed by atoms with Gasteiger partial charge in [-0.2, -0.15) is 45.0 Å². The fourth-order valence-corrected chi connectivity index (χ4v) is 5.95. The van der Waals surface area contributed by atoms with Crippen molar-refractivity contribution < 1.29 is 47.7 Å². The Balaban J connectivity index is 0.000000212. The zero-order valence-electron chi connectivity index (χ0n) is 27.2. The molecule has 0 unspecified atom stereocenters. The summed E-state index contributed by atoms with van der Waals surface area (Å²) in [5.41, 5.74) is 1.93. The van der Waals surface area contributed by atoms with Crippen LogP contribution in [0.4, 0.5) is 26.3 Å². The van der Waals surface area contributed by atoms with Crippen molar-refractivity contribution in [2.45, 2.75) is 31.1 Å². The summed E-state index contributed by atoms with van der Waals surface area (Å²) in [6.07, 6.45) is -9.11. The molecule has 2 aromatic heterocycles. The van der Waals surface area contributed by atoms with Crippen LogP contribution in [0, 0.1) is 13.8 Å². The molecule has 6 aromatic rings. The van der Waals surface area contributed by atoms with Crippen molar-refractivity contribution in [1.82, 2.24) is 19.6 Å². The first kappa shape index (κ1) is 41.1. The molecule has 0 bridgehead atoms. The molecule has 0 amide bonds. The molecular formula is C34H26Cl2F6N4O5S2. The highest BCUT2D eigenvalue weighted by Crippen LogP contribution is 2.35. The number of para-hydroxylation sites is 2. The Morgan fingerprint density at radius 2 is 0.962 bits per heavy atom. The molecule has 0 saturated carbocycles. The van der Waals surface area contributed by atoms with Crippen molar-refractivity contribution in [3.63, 3.8) is 0 Å². The maximum Gasteiger partial charge on any atom is 0.435 e. The lowest BCUT2D eigenvalue weighted by Gasteiger charge is -2.09. The first-order valence-corrected chi connectivity index (χ1v) is 19.3. The largest absolute Gasteiger partial charge is 0.435 e. The van der Waals surface area contributed by atoms with Crippen LogP contribution in [0.2, 0.25) is 0 Å². The highest BCUT2D eigenvalue weighted by molar-refractivity contribution is 8.13. The molecule has 0 aliphatic heterocycles. The predicted octanol–water partition coefficient (Wildman–Crippen LogP) is 9.69. The Labute approximate surface area is 308 Å². The lowest BCUT2D eigenvalue weighted by Crippen LogP contribution is -2.07. The van der Waals surface area contributed by atoms with Gasteiger partial charge < -0.3 is 0 Å². The summed E-state index contributed by atoms with van der Waals surface area (Å²) in [5, 5.41) is 7.39. The van der Waals surface area contributed by atoms with Gasteiger partial charge in [-0.25, -0.2) is 17.8 Å². The number of alkyl halides is 6. The number of rotatable bonds is 5. The maximum atomic E-state index is 13.2. The first-order valence-electron chi connectivity index (χ1n) is 14.8. The molecule has 53 heavy (non-hydrogen) atoms. The first-order chi connectivity index (χ1) is 24.5. The Kier molecular flexibility index (Phi) is 12.5. The summed E-state index contributed by atoms with van der Waals surface area (Å²) in [6, 6.07) is 30.6. The zero-order valence-corrected chi connectivity index (χ0v) is 30.3. The average molecular weight is 820 g/mol. The van der Waals surface area contributed by atoms with E-state index in [4.69, 9.17) is 23.7 Å². The molecule has 0 saturated heterocycles. The Morgan fingerprint density at radius 1 is 0.585 bits per heavy atom. The molecule has 0 aliphatic rings. The lowest BCUT2D eigenvalue weighted by molar-refractivity contribution is -0.142. The van der Waals surface area contributed by atoms with Gasteiger partial charge in [0.1, 0.15) is 0 Å². The van der Waals surface area contributed by atoms with Gasteiger partial charge in [0.05, 0.1) is 27.7 Å². The molecule has 0 radical (unpaired) electrons. The van der Waals surface area contributed by atoms with Gasteiger partial charge in [-0.3, -0.25) is 4.55 Å². The minimum absolute atomic E-state index is 0.102. The molecule has 1 N–H and O–H groups in total. The quantitative estimate of drug-likeness (QED) is 0.104. The number of halogens is 8. The number of hydrogen-bond acceptors (Lipinski definition) is 6. The van der Waals surface area contributed by atoms with E-state index in [1.165, 1.54) is 22.9 Å². The van der Waals surface area contributed by atoms with Crippen LogP contribution in [0.5, 0.6) is 0 Å². The summed E-state index contributed by atoms with van der Waals surface area (Å²) >= 11 is 0. The van der Waals surface area contributed by atoms with Gasteiger partial charge in [0, 0.05) is 32.5 Å². The topological polar surface area (TPSA) is 124 Å². The monoisotopic (exact) mass is 818 g/mol. The minimum Gasteiger partial charge on any atom is -0.273 e. The third-order valence-electron chi connectivity index (χ3n) is 7.10. The van der Waals surface area contributed by atoms with E-state index in [1.54, 1.807) is 73.7 Å². The molecular weight excluding hydrogens is 793 g/mol. The molecule has 0 fully saturated rings. The van der Waals surface area contributed by atoms with Gasteiger partial charge in [-0.1, -0.05) is 78.4 Å². The number of hydrogen-bond donors (Lipinski definition) is 1. The van der Waals surface area contributed by atoms with E-state index in [2.05, 4.69) is 20.9 Å². The summed E-state index contributed by atoms with van der Waals surface area (Å²) in [4.78, 5) is -0.161. The van der Waals surface area contributed by atoms with E-state index in [9.17, 15) is 34.8 Å². The van der Waals surface area contributed by atoms with Crippen LogP contribution in [-0.4, -0.2) is 40.9 Å². The molecule has 19 heteroatoms. The van der Waals surface area contributed by atoms with E-state index in [-0.39, 0.29) is 16.2 Å². The van der Waals surface area contributed by atoms with Crippen LogP contribution in [0.1, 0.15) is 22.5 Å². The maximum absolute atomic E-state index is 13.2. The minimum atomic E-state index is -4.64. The molecule has 0 atom stereocenters. The summed E-state index contributed by atoms with van der Waals surface area (Å²) < 4.78 is 130. The number of aryl methyl sites for hydroxylation is 2. The Bertz CT molecular complexity index is 2400. The second-order valence-electron chi connectivity index (χ2n) is 11.0. The van der Waals surface area contributed by atoms with Crippen molar-refractivity contribution in [3.8, 4) is 33.9 Å². The summed E-state index contributed by atoms with van der Waals surface area (Å²) in [7, 11) is 1.25. The Morgan fingerprint density at radius 3 is 1.34 bits per heavy atom. The fraction of sp³-hybridized carbons (Fsp3) is 0.118. The standard InChI is InChI=1S/C17H12ClF3N2O2S.C17H13F3N2.ClHO3S/c1-11-7-8-12(9-15(11)26(18,24)25)14-10-16(17(19,20)21)22-23(14)13-5-3-2-4-6-13;1-12-7-9-13(10-8-12)15-11-16(17(18,19)20)21-22(15)14-5-3-2-4-6-14;1-5(2,3)4/h2-10H,1H3;2-11H,1H3;(H,2,3,4). The van der Waals surface area contributed by atoms with Crippen molar-refractivity contribution >= 4 is 39.7 Å². The third-order valence-corrected chi connectivity index (χ3v) is 8.56. The molecule has 0 spiro atoms. The highest BCUT2D eigenvalue weighted by Gasteiger charge is 2.36. The van der Waals surface area contributed by atoms with E-state index in [0.29, 0.717) is 28.2 Å². The van der Waals surface area contributed by atoms with E-state index >= 15 is 0 Å². The molecule has 280 valence electrons. The van der Waals surface area contributed by atoms with Crippen molar-refractivity contribution in [2.75, 3.05) is 0 Å². The normalized spacial score (nSPS) is 12.0. The smallest absolute Gasteiger partial charge is 0.273 e. The predicted molar refractivity (Wildman–Crippen MR) is 188 cm³/mol. The lowest BCUT2D eigenvalue weighted by atomic mass is 10.1. The second-order valence-corrected chi connectivity index (χ2v) is 15.5. The van der Waals surface area contributed by atoms with Gasteiger partial charge in [-0.15, -0.1) is 0 Å². The highest BCUT2D eigenvalue weighted by atomic mass is 35.7. The SMILES string of the molecule is Cc1ccc(-c2cc(C(F)(F)F)nn2-c2ccccc2)cc1.Cc1ccc(-c2cc(C(F)(F)F)nn2-c2ccccc2)cc1S(=O)(=O)Cl.O=S(=O)(O)Cl. The van der Waals surface area contributed by atoms with Gasteiger partial charge in [-0.05, 0) is 61.9 Å². The van der Waals surface area contributed by atoms with E-state index in [0.717, 1.165) is 22.4 Å². The van der Waals surface area contributed by atoms with Crippen molar-refractivity contribution in [3.05, 3.63) is 138 Å². The van der Waals surface area contributed by atoms with Crippen molar-refractivity contribution in [1.29, 1.82) is 0 Å². The third kappa shape index (κ3) is 11.4. The van der Waals surface area contributed by atoms with Crippen LogP contribution in [0.25, 0.3) is 33.9 Å². The number of aromatic nitrogens is 4. The van der Waals surface area contributed by atoms with Crippen LogP contribution in [0.15, 0.2) is 120 Å². The molecule has 6 rings (SSSR count). The van der Waals surface area contributed by atoms with Crippen LogP contribution < -0.4 is 0 Å². The number of nitrogens with zero attached hydrogens (tertiary/aromatic N) is 4. The molecule has 4 aromatic carbocycles. The van der Waals surface area contributed by atoms with Crippen LogP contribution >= 0.6 is 21.4 Å². The van der Waals surface area contributed by atoms with Gasteiger partial charge >= 0.3 is 21.7 Å². The zero-order chi connectivity index (χ0) is 39.4. The Hall–Kier alpha value is -4.68. The average Bonchev–Trinajstić information content (AvgIpc) is 3.72. The second kappa shape index (κ2) is 16.1. The van der Waals surface area contributed by atoms with Crippen molar-refractivity contribution in [2.24, 2.45) is 0 Å². The van der Waals surface area contributed by atoms with E-state index < -0.39 is 42.1 Å². The summed E-state index contributed by atoms with van der Waals surface area (Å²) in [5.74, 6) is 0. The van der Waals surface area contributed by atoms with Gasteiger partial charge in [0.25, 0.3) is 9.05 Å². The molecule has 0 aliphatic carbocycles. The van der Waals surface area contributed by atoms with Crippen LogP contribution in [-0.2, 0) is 30.7 Å². The molecule has 2 heterocycles. The molecule has 9 nitrogen and oxygen atoms in total. The van der Waals surface area contributed by atoms with Gasteiger partial charge in [0.15, 0.2) is 11.4 Å². The summed E-state index contributed by atoms with van der Waals surface area (Å²) in [6.45, 7) is 3.48. The van der Waals surface area contributed by atoms with Crippen LogP contribution in [0.3, 0.4) is 0 Å². The van der Waals surface area contributed by atoms with Gasteiger partial charge in [0.2, 0.25) is 0 Å². The number of benzene rings is 4. The van der Waals surface area contributed by atoms with E-state index in [1.807, 2.05) is 25.1 Å².